The second kappa shape index (κ2) is 14.7. The van der Waals surface area contributed by atoms with E-state index < -0.39 is 27.8 Å². The van der Waals surface area contributed by atoms with Crippen LogP contribution in [0.5, 0.6) is 5.75 Å². The molecule has 258 valence electrons. The van der Waals surface area contributed by atoms with Crippen molar-refractivity contribution in [2.75, 3.05) is 67.5 Å². The van der Waals surface area contributed by atoms with Crippen LogP contribution in [-0.4, -0.2) is 107 Å². The van der Waals surface area contributed by atoms with E-state index in [4.69, 9.17) is 27.9 Å². The summed E-state index contributed by atoms with van der Waals surface area (Å²) in [5.74, 6) is 0.00685. The van der Waals surface area contributed by atoms with Gasteiger partial charge in [0.2, 0.25) is 15.9 Å². The quantitative estimate of drug-likeness (QED) is 0.327. The number of halogens is 2. The molecule has 0 aromatic heterocycles. The Morgan fingerprint density at radius 1 is 0.854 bits per heavy atom. The summed E-state index contributed by atoms with van der Waals surface area (Å²) < 4.78 is 33.6. The molecule has 11 nitrogen and oxygen atoms in total. The maximum atomic E-state index is 15.1. The third kappa shape index (κ3) is 7.35. The molecule has 5 rings (SSSR count). The van der Waals surface area contributed by atoms with Gasteiger partial charge in [0.15, 0.2) is 5.66 Å². The van der Waals surface area contributed by atoms with E-state index in [1.54, 1.807) is 54.2 Å². The van der Waals surface area contributed by atoms with Gasteiger partial charge in [-0.2, -0.15) is 0 Å². The van der Waals surface area contributed by atoms with Gasteiger partial charge in [-0.15, -0.1) is 0 Å². The fourth-order valence-electron chi connectivity index (χ4n) is 6.10. The molecule has 2 fully saturated rings. The molecule has 48 heavy (non-hydrogen) atoms. The zero-order valence-corrected chi connectivity index (χ0v) is 30.1. The first-order valence-electron chi connectivity index (χ1n) is 15.7. The van der Waals surface area contributed by atoms with Crippen molar-refractivity contribution >= 4 is 45.0 Å². The van der Waals surface area contributed by atoms with Gasteiger partial charge in [-0.25, -0.2) is 12.7 Å². The molecular formula is C34H42Cl2N6O5S. The van der Waals surface area contributed by atoms with Gasteiger partial charge in [0, 0.05) is 76.0 Å². The van der Waals surface area contributed by atoms with Crippen molar-refractivity contribution in [3.63, 3.8) is 0 Å². The number of nitrogens with one attached hydrogen (secondary N) is 2. The van der Waals surface area contributed by atoms with Crippen molar-refractivity contribution < 1.29 is 22.7 Å². The zero-order valence-electron chi connectivity index (χ0n) is 27.7. The number of ether oxygens (including phenoxy) is 1. The summed E-state index contributed by atoms with van der Waals surface area (Å²) in [7, 11) is 2.58. The summed E-state index contributed by atoms with van der Waals surface area (Å²) in [6.07, 6.45) is 0. The van der Waals surface area contributed by atoms with Crippen molar-refractivity contribution in [3.05, 3.63) is 93.5 Å². The molecule has 2 unspecified atom stereocenters. The molecular weight excluding hydrogens is 675 g/mol. The van der Waals surface area contributed by atoms with Crippen LogP contribution in [0.2, 0.25) is 10.0 Å². The third-order valence-corrected chi connectivity index (χ3v) is 11.1. The summed E-state index contributed by atoms with van der Waals surface area (Å²) in [6, 6.07) is 18.7. The Morgan fingerprint density at radius 2 is 1.38 bits per heavy atom. The summed E-state index contributed by atoms with van der Waals surface area (Å²) in [4.78, 5) is 32.9. The van der Waals surface area contributed by atoms with Crippen LogP contribution in [0.4, 0.5) is 0 Å². The Bertz CT molecular complexity index is 1680. The van der Waals surface area contributed by atoms with E-state index in [-0.39, 0.29) is 35.6 Å². The highest BCUT2D eigenvalue weighted by atomic mass is 35.5. The van der Waals surface area contributed by atoms with Gasteiger partial charge < -0.3 is 14.5 Å². The summed E-state index contributed by atoms with van der Waals surface area (Å²) in [5, 5.41) is 8.49. The number of nitrogens with zero attached hydrogens (tertiary/aromatic N) is 4. The Morgan fingerprint density at radius 3 is 1.83 bits per heavy atom. The second-order valence-corrected chi connectivity index (χ2v) is 15.4. The van der Waals surface area contributed by atoms with E-state index in [0.717, 1.165) is 15.4 Å². The predicted octanol–water partition coefficient (Wildman–Crippen LogP) is 3.70. The Balaban J connectivity index is 1.63. The molecule has 14 heteroatoms. The minimum Gasteiger partial charge on any atom is -0.493 e. The lowest BCUT2D eigenvalue weighted by Gasteiger charge is -2.40. The highest BCUT2D eigenvalue weighted by Gasteiger charge is 2.54. The SMILES string of the molecule is CCOc1cc(S(=O)(=O)N(C)C)ccc1C1(C(=O)N2CCN(CC(=O)N(C)C)CC2)NC(c2ccc(Cl)cc2)C(c2ccc(Cl)cc2)N1. The third-order valence-electron chi connectivity index (χ3n) is 8.81. The summed E-state index contributed by atoms with van der Waals surface area (Å²) >= 11 is 12.5. The van der Waals surface area contributed by atoms with E-state index in [0.29, 0.717) is 41.8 Å². The zero-order chi connectivity index (χ0) is 34.8. The van der Waals surface area contributed by atoms with E-state index in [9.17, 15) is 13.2 Å². The largest absolute Gasteiger partial charge is 0.493 e. The molecule has 0 bridgehead atoms. The van der Waals surface area contributed by atoms with Crippen molar-refractivity contribution in [3.8, 4) is 5.75 Å². The van der Waals surface area contributed by atoms with Gasteiger partial charge in [0.1, 0.15) is 5.75 Å². The number of likely N-dealkylation sites (N-methyl/N-ethyl adjacent to an activating group) is 1. The molecule has 0 radical (unpaired) electrons. The van der Waals surface area contributed by atoms with E-state index >= 15 is 4.79 Å². The van der Waals surface area contributed by atoms with Crippen molar-refractivity contribution in [2.24, 2.45) is 0 Å². The fraction of sp³-hybridized carbons (Fsp3) is 0.412. The number of rotatable bonds is 10. The molecule has 3 aromatic carbocycles. The standard InChI is InChI=1S/C34H42Cl2N6O5S/c1-6-47-29-21-27(48(45,46)40(4)5)15-16-28(29)34(33(44)42-19-17-41(18-20-42)22-30(43)39(2)3)37-31(23-7-11-25(35)12-8-23)32(38-34)24-9-13-26(36)14-10-24/h7-16,21,31-32,37-38H,6,17-20,22H2,1-5H3. The van der Waals surface area contributed by atoms with Crippen LogP contribution < -0.4 is 15.4 Å². The van der Waals surface area contributed by atoms with Crippen LogP contribution in [0.1, 0.15) is 35.7 Å². The van der Waals surface area contributed by atoms with E-state index in [2.05, 4.69) is 10.6 Å². The highest BCUT2D eigenvalue weighted by Crippen LogP contribution is 2.45. The number of amides is 2. The van der Waals surface area contributed by atoms with Crippen molar-refractivity contribution in [2.45, 2.75) is 29.6 Å². The number of sulfonamides is 1. The van der Waals surface area contributed by atoms with Gasteiger partial charge in [0.25, 0.3) is 5.91 Å². The molecule has 2 aliphatic rings. The van der Waals surface area contributed by atoms with E-state index in [1.165, 1.54) is 26.2 Å². The Labute approximate surface area is 292 Å². The average Bonchev–Trinajstić information content (AvgIpc) is 3.47. The maximum Gasteiger partial charge on any atom is 0.262 e. The summed E-state index contributed by atoms with van der Waals surface area (Å²) in [5.41, 5.74) is 0.686. The molecule has 2 aliphatic heterocycles. The lowest BCUT2D eigenvalue weighted by molar-refractivity contribution is -0.142. The molecule has 0 saturated carbocycles. The highest BCUT2D eigenvalue weighted by molar-refractivity contribution is 7.89. The topological polar surface area (TPSA) is 115 Å². The van der Waals surface area contributed by atoms with Crippen LogP contribution in [0.25, 0.3) is 0 Å². The fourth-order valence-corrected chi connectivity index (χ4v) is 7.27. The molecule has 2 heterocycles. The Kier molecular flexibility index (Phi) is 11.1. The maximum absolute atomic E-state index is 15.1. The van der Waals surface area contributed by atoms with Gasteiger partial charge in [-0.3, -0.25) is 25.1 Å². The molecule has 2 atom stereocenters. The molecule has 2 N–H and O–H groups in total. The second-order valence-electron chi connectivity index (χ2n) is 12.3. The number of piperazine rings is 1. The molecule has 2 saturated heterocycles. The molecule has 2 amide bonds. The number of hydrogen-bond acceptors (Lipinski definition) is 8. The molecule has 3 aromatic rings. The predicted molar refractivity (Wildman–Crippen MR) is 187 cm³/mol. The molecule has 0 aliphatic carbocycles. The average molecular weight is 718 g/mol. The van der Waals surface area contributed by atoms with Crippen LogP contribution >= 0.6 is 23.2 Å². The number of benzene rings is 3. The minimum atomic E-state index is -3.80. The van der Waals surface area contributed by atoms with Gasteiger partial charge in [-0.05, 0) is 48.4 Å². The van der Waals surface area contributed by atoms with Crippen LogP contribution in [0.15, 0.2) is 71.6 Å². The van der Waals surface area contributed by atoms with E-state index in [1.807, 2.05) is 36.1 Å². The number of carbonyl (C=O) groups is 2. The smallest absolute Gasteiger partial charge is 0.262 e. The first-order chi connectivity index (χ1) is 22.8. The normalized spacial score (nSPS) is 21.8. The number of carbonyl (C=O) groups excluding carboxylic acids is 2. The minimum absolute atomic E-state index is 0.00360. The monoisotopic (exact) mass is 716 g/mol. The number of hydrogen-bond donors (Lipinski definition) is 2. The van der Waals surface area contributed by atoms with Crippen LogP contribution in [0, 0.1) is 0 Å². The Hall–Kier alpha value is -3.23. The molecule has 0 spiro atoms. The van der Waals surface area contributed by atoms with Gasteiger partial charge in [0.05, 0.1) is 30.1 Å². The first-order valence-corrected chi connectivity index (χ1v) is 17.9. The van der Waals surface area contributed by atoms with Crippen LogP contribution in [-0.2, 0) is 25.3 Å². The van der Waals surface area contributed by atoms with Gasteiger partial charge in [-0.1, -0.05) is 53.5 Å². The van der Waals surface area contributed by atoms with Gasteiger partial charge >= 0.3 is 0 Å². The summed E-state index contributed by atoms with van der Waals surface area (Å²) in [6.45, 7) is 4.12. The lowest BCUT2D eigenvalue weighted by Crippen LogP contribution is -2.62. The van der Waals surface area contributed by atoms with Crippen LogP contribution in [0.3, 0.4) is 0 Å². The lowest BCUT2D eigenvalue weighted by atomic mass is 9.95. The first kappa shape index (κ1) is 36.1. The van der Waals surface area contributed by atoms with Crippen molar-refractivity contribution in [1.82, 2.24) is 29.6 Å². The van der Waals surface area contributed by atoms with Crippen molar-refractivity contribution in [1.29, 1.82) is 0 Å².